The first kappa shape index (κ1) is 36.1. The number of hydrogen-bond acceptors (Lipinski definition) is 4. The number of benzene rings is 2. The van der Waals surface area contributed by atoms with Gasteiger partial charge in [0.1, 0.15) is 11.5 Å². The van der Waals surface area contributed by atoms with Crippen molar-refractivity contribution in [2.45, 2.75) is 130 Å². The largest absolute Gasteiger partial charge is 0.507 e. The standard InChI is InChI=1S/C40H57NO4/c1-37(2,3)28-23-26(24-29(35(28)44)38(4,5)6)17-19-31(42)33-27(18-20-32(43)41-21-15-13-14-16-22-41)25-30(39(7,8)9)36(45)34(33)40(10,11)12/h17-20,23-25,44-45H,13-16,21-22H2,1-12H3/b19-17+,20-18+. The Balaban J connectivity index is 2.23. The van der Waals surface area contributed by atoms with E-state index in [1.807, 2.05) is 64.6 Å². The Morgan fingerprint density at radius 1 is 0.622 bits per heavy atom. The molecule has 0 bridgehead atoms. The summed E-state index contributed by atoms with van der Waals surface area (Å²) < 4.78 is 0. The van der Waals surface area contributed by atoms with Crippen LogP contribution in [0, 0.1) is 0 Å². The first-order chi connectivity index (χ1) is 20.5. The van der Waals surface area contributed by atoms with Crippen molar-refractivity contribution < 1.29 is 19.8 Å². The Labute approximate surface area is 272 Å². The van der Waals surface area contributed by atoms with Crippen molar-refractivity contribution in [3.05, 3.63) is 69.3 Å². The van der Waals surface area contributed by atoms with Gasteiger partial charge in [0.25, 0.3) is 0 Å². The molecule has 246 valence electrons. The number of phenolic OH excluding ortho intramolecular Hbond substituents is 2. The number of allylic oxidation sites excluding steroid dienone is 1. The molecule has 0 saturated carbocycles. The average Bonchev–Trinajstić information content (AvgIpc) is 3.18. The van der Waals surface area contributed by atoms with E-state index in [4.69, 9.17) is 0 Å². The average molecular weight is 616 g/mol. The zero-order valence-corrected chi connectivity index (χ0v) is 29.9. The summed E-state index contributed by atoms with van der Waals surface area (Å²) in [5, 5.41) is 22.9. The van der Waals surface area contributed by atoms with Gasteiger partial charge < -0.3 is 15.1 Å². The minimum atomic E-state index is -0.557. The van der Waals surface area contributed by atoms with E-state index in [1.165, 1.54) is 0 Å². The Hall–Kier alpha value is -3.34. The second-order valence-electron chi connectivity index (χ2n) is 16.8. The summed E-state index contributed by atoms with van der Waals surface area (Å²) in [6, 6.07) is 5.76. The van der Waals surface area contributed by atoms with Crippen LogP contribution in [0.3, 0.4) is 0 Å². The smallest absolute Gasteiger partial charge is 0.246 e. The number of amides is 1. The topological polar surface area (TPSA) is 77.8 Å². The summed E-state index contributed by atoms with van der Waals surface area (Å²) in [5.74, 6) is 0.109. The number of carbonyl (C=O) groups excluding carboxylic acids is 2. The summed E-state index contributed by atoms with van der Waals surface area (Å²) in [6.07, 6.45) is 11.0. The highest BCUT2D eigenvalue weighted by Crippen LogP contribution is 2.44. The third-order valence-corrected chi connectivity index (χ3v) is 8.63. The maximum Gasteiger partial charge on any atom is 0.246 e. The zero-order valence-electron chi connectivity index (χ0n) is 29.9. The number of phenols is 2. The van der Waals surface area contributed by atoms with Gasteiger partial charge in [0.05, 0.1) is 0 Å². The number of nitrogens with zero attached hydrogens (tertiary/aromatic N) is 1. The normalized spacial score (nSPS) is 15.6. The van der Waals surface area contributed by atoms with Crippen molar-refractivity contribution in [2.75, 3.05) is 13.1 Å². The van der Waals surface area contributed by atoms with E-state index in [0.29, 0.717) is 16.7 Å². The van der Waals surface area contributed by atoms with Crippen LogP contribution in [0.25, 0.3) is 12.2 Å². The van der Waals surface area contributed by atoms with Crippen LogP contribution in [-0.4, -0.2) is 39.9 Å². The highest BCUT2D eigenvalue weighted by atomic mass is 16.3. The molecule has 1 amide bonds. The summed E-state index contributed by atoms with van der Waals surface area (Å²) >= 11 is 0. The predicted molar refractivity (Wildman–Crippen MR) is 188 cm³/mol. The lowest BCUT2D eigenvalue weighted by atomic mass is 9.74. The minimum Gasteiger partial charge on any atom is -0.507 e. The molecule has 1 saturated heterocycles. The summed E-state index contributed by atoms with van der Waals surface area (Å²) in [6.45, 7) is 26.0. The fourth-order valence-corrected chi connectivity index (χ4v) is 6.10. The van der Waals surface area contributed by atoms with Crippen LogP contribution >= 0.6 is 0 Å². The Morgan fingerprint density at radius 2 is 1.09 bits per heavy atom. The summed E-state index contributed by atoms with van der Waals surface area (Å²) in [4.78, 5) is 29.4. The van der Waals surface area contributed by atoms with Crippen LogP contribution < -0.4 is 0 Å². The van der Waals surface area contributed by atoms with Crippen molar-refractivity contribution in [3.63, 3.8) is 0 Å². The van der Waals surface area contributed by atoms with Gasteiger partial charge in [-0.3, -0.25) is 9.59 Å². The van der Waals surface area contributed by atoms with E-state index in [2.05, 4.69) is 41.5 Å². The van der Waals surface area contributed by atoms with Crippen LogP contribution in [0.15, 0.2) is 30.4 Å². The Morgan fingerprint density at radius 3 is 1.53 bits per heavy atom. The van der Waals surface area contributed by atoms with Gasteiger partial charge in [0, 0.05) is 47.0 Å². The minimum absolute atomic E-state index is 0.0537. The molecule has 0 unspecified atom stereocenters. The molecule has 0 atom stereocenters. The van der Waals surface area contributed by atoms with Gasteiger partial charge in [0.2, 0.25) is 5.91 Å². The molecule has 1 aliphatic rings. The van der Waals surface area contributed by atoms with Crippen molar-refractivity contribution in [3.8, 4) is 11.5 Å². The molecular formula is C40H57NO4. The lowest BCUT2D eigenvalue weighted by Gasteiger charge is -2.30. The highest BCUT2D eigenvalue weighted by molar-refractivity contribution is 6.11. The van der Waals surface area contributed by atoms with Crippen LogP contribution in [0.2, 0.25) is 0 Å². The fraction of sp³-hybridized carbons (Fsp3) is 0.550. The molecule has 5 nitrogen and oxygen atoms in total. The van der Waals surface area contributed by atoms with Crippen LogP contribution in [0.1, 0.15) is 153 Å². The van der Waals surface area contributed by atoms with Gasteiger partial charge in [-0.1, -0.05) is 102 Å². The van der Waals surface area contributed by atoms with Gasteiger partial charge in [-0.25, -0.2) is 0 Å². The molecule has 45 heavy (non-hydrogen) atoms. The maximum absolute atomic E-state index is 14.3. The van der Waals surface area contributed by atoms with Crippen molar-refractivity contribution in [1.82, 2.24) is 4.90 Å². The maximum atomic E-state index is 14.3. The van der Waals surface area contributed by atoms with E-state index >= 15 is 0 Å². The zero-order chi connectivity index (χ0) is 34.1. The Kier molecular flexibility index (Phi) is 10.6. The molecule has 1 heterocycles. The molecule has 0 spiro atoms. The van der Waals surface area contributed by atoms with Gasteiger partial charge in [-0.2, -0.15) is 0 Å². The molecule has 1 aliphatic heterocycles. The number of hydrogen-bond donors (Lipinski definition) is 2. The molecule has 2 aromatic rings. The van der Waals surface area contributed by atoms with Gasteiger partial charge in [-0.15, -0.1) is 0 Å². The summed E-state index contributed by atoms with van der Waals surface area (Å²) in [5.41, 5.74) is 3.23. The van der Waals surface area contributed by atoms with Gasteiger partial charge in [-0.05, 0) is 76.0 Å². The second kappa shape index (κ2) is 13.2. The molecule has 0 aliphatic carbocycles. The fourth-order valence-electron chi connectivity index (χ4n) is 6.10. The van der Waals surface area contributed by atoms with E-state index in [0.717, 1.165) is 61.0 Å². The first-order valence-electron chi connectivity index (χ1n) is 16.5. The molecule has 3 rings (SSSR count). The molecule has 2 N–H and O–H groups in total. The molecule has 0 aromatic heterocycles. The predicted octanol–water partition coefficient (Wildman–Crippen LogP) is 9.60. The van der Waals surface area contributed by atoms with Crippen molar-refractivity contribution >= 4 is 23.8 Å². The monoisotopic (exact) mass is 615 g/mol. The molecule has 5 heteroatoms. The summed E-state index contributed by atoms with van der Waals surface area (Å²) in [7, 11) is 0. The number of likely N-dealkylation sites (tertiary alicyclic amines) is 1. The van der Waals surface area contributed by atoms with Crippen LogP contribution in [0.5, 0.6) is 11.5 Å². The van der Waals surface area contributed by atoms with E-state index in [1.54, 1.807) is 24.3 Å². The third-order valence-electron chi connectivity index (χ3n) is 8.63. The van der Waals surface area contributed by atoms with Gasteiger partial charge >= 0.3 is 0 Å². The number of rotatable bonds is 5. The lowest BCUT2D eigenvalue weighted by molar-refractivity contribution is -0.125. The van der Waals surface area contributed by atoms with E-state index in [-0.39, 0.29) is 34.0 Å². The third kappa shape index (κ3) is 8.68. The SMILES string of the molecule is CC(C)(C)c1cc(/C=C/C(=O)c2c(/C=C/C(=O)N3CCCCCC3)cc(C(C)(C)C)c(O)c2C(C)(C)C)cc(C(C)(C)C)c1O. The van der Waals surface area contributed by atoms with Crippen molar-refractivity contribution in [2.24, 2.45) is 0 Å². The number of ketones is 1. The second-order valence-corrected chi connectivity index (χ2v) is 16.8. The van der Waals surface area contributed by atoms with E-state index in [9.17, 15) is 19.8 Å². The van der Waals surface area contributed by atoms with Crippen LogP contribution in [0.4, 0.5) is 0 Å². The van der Waals surface area contributed by atoms with E-state index < -0.39 is 10.8 Å². The van der Waals surface area contributed by atoms with Crippen molar-refractivity contribution in [1.29, 1.82) is 0 Å². The molecule has 0 radical (unpaired) electrons. The lowest BCUT2D eigenvalue weighted by Crippen LogP contribution is -2.30. The molecule has 1 fully saturated rings. The van der Waals surface area contributed by atoms with Gasteiger partial charge in [0.15, 0.2) is 5.78 Å². The number of carbonyl (C=O) groups is 2. The molecular weight excluding hydrogens is 558 g/mol. The first-order valence-corrected chi connectivity index (χ1v) is 16.5. The molecule has 2 aromatic carbocycles. The number of aromatic hydroxyl groups is 2. The quantitative estimate of drug-likeness (QED) is 0.259. The Bertz CT molecular complexity index is 1440. The van der Waals surface area contributed by atoms with Crippen LogP contribution in [-0.2, 0) is 26.5 Å². The highest BCUT2D eigenvalue weighted by Gasteiger charge is 2.32.